The van der Waals surface area contributed by atoms with Gasteiger partial charge in [-0.05, 0) is 123 Å². The lowest BCUT2D eigenvalue weighted by atomic mass is 9.44. The smallest absolute Gasteiger partial charge is 0.312 e. The fourth-order valence-corrected chi connectivity index (χ4v) is 16.7. The van der Waals surface area contributed by atoms with Crippen LogP contribution in [0.15, 0.2) is 23.3 Å². The molecule has 0 radical (unpaired) electrons. The molecule has 2 saturated heterocycles. The number of methoxy groups -OCH3 is 2. The summed E-state index contributed by atoms with van der Waals surface area (Å²) < 4.78 is 22.3. The molecule has 6 saturated carbocycles. The zero-order valence-corrected chi connectivity index (χ0v) is 36.3. The van der Waals surface area contributed by atoms with E-state index >= 15 is 0 Å². The van der Waals surface area contributed by atoms with Gasteiger partial charge in [-0.15, -0.1) is 0 Å². The van der Waals surface area contributed by atoms with Crippen LogP contribution < -0.4 is 0 Å². The second-order valence-corrected chi connectivity index (χ2v) is 21.7. The van der Waals surface area contributed by atoms with Crippen molar-refractivity contribution in [3.63, 3.8) is 0 Å². The first kappa shape index (κ1) is 42.2. The fourth-order valence-electron chi connectivity index (χ4n) is 16.7. The number of fused-ring (bicyclic) bond motifs is 12. The van der Waals surface area contributed by atoms with Crippen LogP contribution in [0.3, 0.4) is 0 Å². The van der Waals surface area contributed by atoms with Crippen LogP contribution in [0.1, 0.15) is 130 Å². The number of ketones is 1. The number of hydrogen-bond donors (Lipinski definition) is 3. The second kappa shape index (κ2) is 14.2. The van der Waals surface area contributed by atoms with E-state index in [9.17, 15) is 39.3 Å². The van der Waals surface area contributed by atoms with Crippen LogP contribution in [0.25, 0.3) is 0 Å². The summed E-state index contributed by atoms with van der Waals surface area (Å²) >= 11 is 0. The number of Topliss-reactive ketones (excluding diaryl/α,β-unsaturated/α-hetero) is 1. The molecule has 17 atom stereocenters. The molecule has 0 aromatic carbocycles. The third-order valence-electron chi connectivity index (χ3n) is 19.6. The lowest BCUT2D eigenvalue weighted by molar-refractivity contribution is -0.192. The van der Waals surface area contributed by atoms with Crippen molar-refractivity contribution >= 4 is 29.7 Å². The Hall–Kier alpha value is -3.09. The maximum Gasteiger partial charge on any atom is 0.312 e. The fraction of sp³-hybridized carbons (Fsp3) is 0.812. The molecule has 12 nitrogen and oxygen atoms in total. The highest BCUT2D eigenvalue weighted by atomic mass is 16.6. The van der Waals surface area contributed by atoms with Crippen LogP contribution in [0.4, 0.5) is 0 Å². The Morgan fingerprint density at radius 2 is 1.10 bits per heavy atom. The molecule has 3 N–H and O–H groups in total. The average molecular weight is 835 g/mol. The van der Waals surface area contributed by atoms with Crippen molar-refractivity contribution in [2.24, 2.45) is 69.0 Å². The van der Waals surface area contributed by atoms with Crippen LogP contribution in [0, 0.1) is 69.0 Å². The summed E-state index contributed by atoms with van der Waals surface area (Å²) in [6.45, 7) is 8.71. The van der Waals surface area contributed by atoms with Crippen LogP contribution in [0.5, 0.6) is 0 Å². The summed E-state index contributed by atoms with van der Waals surface area (Å²) in [6, 6.07) is 0. The Kier molecular flexibility index (Phi) is 10.0. The number of aliphatic hydroxyl groups is 3. The van der Waals surface area contributed by atoms with Gasteiger partial charge in [0.1, 0.15) is 17.0 Å². The monoisotopic (exact) mass is 834 g/mol. The number of aliphatic hydroxyl groups excluding tert-OH is 3. The van der Waals surface area contributed by atoms with E-state index < -0.39 is 41.3 Å². The number of hydrogen-bond acceptors (Lipinski definition) is 12. The van der Waals surface area contributed by atoms with Crippen LogP contribution in [-0.4, -0.2) is 88.7 Å². The van der Waals surface area contributed by atoms with E-state index in [2.05, 4.69) is 33.8 Å². The normalized spacial score (nSPS) is 51.0. The Morgan fingerprint density at radius 3 is 1.55 bits per heavy atom. The highest BCUT2D eigenvalue weighted by molar-refractivity contribution is 5.84. The summed E-state index contributed by atoms with van der Waals surface area (Å²) in [5.74, 6) is -1.48. The van der Waals surface area contributed by atoms with Gasteiger partial charge in [0.05, 0.1) is 44.4 Å². The maximum absolute atomic E-state index is 13.0. The molecule has 0 aromatic heterocycles. The van der Waals surface area contributed by atoms with E-state index in [0.717, 1.165) is 49.7 Å². The van der Waals surface area contributed by atoms with Gasteiger partial charge in [-0.3, -0.25) is 24.0 Å². The van der Waals surface area contributed by atoms with Gasteiger partial charge in [-0.1, -0.05) is 51.0 Å². The van der Waals surface area contributed by atoms with Gasteiger partial charge in [-0.2, -0.15) is 0 Å². The minimum absolute atomic E-state index is 0.0473. The van der Waals surface area contributed by atoms with Gasteiger partial charge in [0.2, 0.25) is 0 Å². The lowest BCUT2D eigenvalue weighted by Crippen LogP contribution is -2.62. The highest BCUT2D eigenvalue weighted by Crippen LogP contribution is 2.72. The highest BCUT2D eigenvalue weighted by Gasteiger charge is 2.72. The Bertz CT molecular complexity index is 1920. The molecule has 8 fully saturated rings. The second-order valence-electron chi connectivity index (χ2n) is 21.7. The Labute approximate surface area is 353 Å². The van der Waals surface area contributed by atoms with Crippen molar-refractivity contribution < 1.29 is 58.2 Å². The quantitative estimate of drug-likeness (QED) is 0.175. The van der Waals surface area contributed by atoms with E-state index in [4.69, 9.17) is 18.9 Å². The zero-order chi connectivity index (χ0) is 42.9. The molecule has 6 unspecified atom stereocenters. The first-order valence-corrected chi connectivity index (χ1v) is 22.9. The predicted molar refractivity (Wildman–Crippen MR) is 215 cm³/mol. The molecule has 0 aromatic rings. The third kappa shape index (κ3) is 5.73. The van der Waals surface area contributed by atoms with Crippen molar-refractivity contribution in [2.75, 3.05) is 14.2 Å². The van der Waals surface area contributed by atoms with Crippen LogP contribution in [0.2, 0.25) is 0 Å². The van der Waals surface area contributed by atoms with E-state index in [-0.39, 0.29) is 86.8 Å². The van der Waals surface area contributed by atoms with Gasteiger partial charge in [0, 0.05) is 36.5 Å². The zero-order valence-electron chi connectivity index (χ0n) is 36.3. The third-order valence-corrected chi connectivity index (χ3v) is 19.6. The van der Waals surface area contributed by atoms with Crippen LogP contribution in [-0.2, 0) is 42.9 Å². The number of carbonyl (C=O) groups excluding carboxylic acids is 5. The topological polar surface area (TPSA) is 183 Å². The molecular formula is C48H66O12. The molecule has 2 aliphatic heterocycles. The average Bonchev–Trinajstić information content (AvgIpc) is 3.94. The molecule has 12 heteroatoms. The molecule has 8 aliphatic carbocycles. The summed E-state index contributed by atoms with van der Waals surface area (Å²) in [6.07, 6.45) is 12.9. The standard InChI is InChI=1S/C24H34O6.C24H32O6/c2*1-22-7-4-14(25)10-13(22)11-15(21(28)29-3)19-16-5-8-24(9-6-18(27)30-24)23(16,2)12-17(26)20(19)22/h11,14-17,19-20,25-26H,4-10,12H2,1-3H3;11,15-17,19-20,26H,4-10,12H2,1-3H3/t14-,15+,16?,17+,19?,20?,22-,23-,24+;15-,16?,17-,19?,20?,22+,23+,24-/m01/s1. The maximum atomic E-state index is 13.0. The molecule has 0 bridgehead atoms. The van der Waals surface area contributed by atoms with Crippen molar-refractivity contribution in [3.05, 3.63) is 23.3 Å². The van der Waals surface area contributed by atoms with E-state index in [1.807, 2.05) is 6.08 Å². The first-order chi connectivity index (χ1) is 28.3. The first-order valence-electron chi connectivity index (χ1n) is 22.9. The number of ether oxygens (including phenoxy) is 4. The number of carbonyl (C=O) groups is 5. The summed E-state index contributed by atoms with van der Waals surface area (Å²) in [5, 5.41) is 33.4. The number of esters is 4. The molecular weight excluding hydrogens is 769 g/mol. The van der Waals surface area contributed by atoms with Gasteiger partial charge in [0.25, 0.3) is 0 Å². The van der Waals surface area contributed by atoms with E-state index in [0.29, 0.717) is 64.2 Å². The van der Waals surface area contributed by atoms with Gasteiger partial charge in [0.15, 0.2) is 0 Å². The molecule has 10 aliphatic rings. The predicted octanol–water partition coefficient (Wildman–Crippen LogP) is 5.72. The minimum atomic E-state index is -0.611. The van der Waals surface area contributed by atoms with Gasteiger partial charge in [-0.25, -0.2) is 0 Å². The minimum Gasteiger partial charge on any atom is -0.469 e. The van der Waals surface area contributed by atoms with Crippen molar-refractivity contribution in [3.8, 4) is 0 Å². The molecule has 60 heavy (non-hydrogen) atoms. The molecule has 0 amide bonds. The summed E-state index contributed by atoms with van der Waals surface area (Å²) in [7, 11) is 2.83. The Morgan fingerprint density at radius 1 is 0.633 bits per heavy atom. The molecule has 10 rings (SSSR count). The molecule has 330 valence electrons. The molecule has 2 heterocycles. The largest absolute Gasteiger partial charge is 0.469 e. The summed E-state index contributed by atoms with van der Waals surface area (Å²) in [5.41, 5.74) is -0.175. The molecule has 2 spiro atoms. The SMILES string of the molecule is COC(=O)[C@@H]1C=C2CC(=O)CC[C@]2(C)C2C1C1CC[C@@]3(CCC(=O)O3)[C@@]1(C)C[C@H]2O.COC(=O)[C@@H]1C=C2C[C@@H](O)CC[C@]2(C)C2C1C1CC[C@@]3(CCC(=O)O3)[C@@]1(C)C[C@H]2O. The summed E-state index contributed by atoms with van der Waals surface area (Å²) in [4.78, 5) is 62.2. The lowest BCUT2D eigenvalue weighted by Gasteiger charge is -2.61. The van der Waals surface area contributed by atoms with Crippen molar-refractivity contribution in [1.29, 1.82) is 0 Å². The number of allylic oxidation sites excluding steroid dienone is 1. The van der Waals surface area contributed by atoms with Gasteiger partial charge < -0.3 is 34.3 Å². The van der Waals surface area contributed by atoms with E-state index in [1.165, 1.54) is 14.2 Å². The van der Waals surface area contributed by atoms with Crippen molar-refractivity contribution in [2.45, 2.75) is 160 Å². The van der Waals surface area contributed by atoms with Crippen molar-refractivity contribution in [1.82, 2.24) is 0 Å². The van der Waals surface area contributed by atoms with Gasteiger partial charge >= 0.3 is 23.9 Å². The van der Waals surface area contributed by atoms with Crippen LogP contribution >= 0.6 is 0 Å². The Balaban J connectivity index is 0.000000154. The van der Waals surface area contributed by atoms with E-state index in [1.54, 1.807) is 0 Å². The number of rotatable bonds is 2.